The maximum atomic E-state index is 13.9. The quantitative estimate of drug-likeness (QED) is 0.803. The van der Waals surface area contributed by atoms with Gasteiger partial charge in [-0.3, -0.25) is 14.5 Å². The Labute approximate surface area is 164 Å². The molecule has 2 aliphatic rings. The van der Waals surface area contributed by atoms with Crippen molar-refractivity contribution in [2.24, 2.45) is 0 Å². The van der Waals surface area contributed by atoms with Crippen molar-refractivity contribution in [3.63, 3.8) is 0 Å². The number of amides is 2. The summed E-state index contributed by atoms with van der Waals surface area (Å²) in [7, 11) is 1.94. The van der Waals surface area contributed by atoms with Gasteiger partial charge in [-0.05, 0) is 50.2 Å². The maximum absolute atomic E-state index is 13.9. The summed E-state index contributed by atoms with van der Waals surface area (Å²) in [6.45, 7) is 3.65. The first-order chi connectivity index (χ1) is 13.4. The zero-order valence-electron chi connectivity index (χ0n) is 16.2. The van der Waals surface area contributed by atoms with Crippen LogP contribution in [0.1, 0.15) is 22.3 Å². The fraction of sp³-hybridized carbons (Fsp3) is 0.364. The zero-order valence-corrected chi connectivity index (χ0v) is 16.2. The number of nitrogens with zero attached hydrogens (tertiary/aromatic N) is 3. The van der Waals surface area contributed by atoms with E-state index in [1.54, 1.807) is 24.0 Å². The summed E-state index contributed by atoms with van der Waals surface area (Å²) in [5.74, 6) is -0.465. The van der Waals surface area contributed by atoms with Crippen LogP contribution in [0.15, 0.2) is 48.5 Å². The lowest BCUT2D eigenvalue weighted by atomic mass is 9.92. The summed E-state index contributed by atoms with van der Waals surface area (Å²) in [6.07, 6.45) is 0.778. The predicted molar refractivity (Wildman–Crippen MR) is 106 cm³/mol. The summed E-state index contributed by atoms with van der Waals surface area (Å²) < 4.78 is 13.9. The Bertz CT molecular complexity index is 917. The van der Waals surface area contributed by atoms with Gasteiger partial charge in [0, 0.05) is 30.9 Å². The zero-order chi connectivity index (χ0) is 19.9. The van der Waals surface area contributed by atoms with Crippen LogP contribution < -0.4 is 4.90 Å². The molecule has 2 heterocycles. The minimum absolute atomic E-state index is 0.0599. The van der Waals surface area contributed by atoms with Crippen molar-refractivity contribution in [3.8, 4) is 0 Å². The van der Waals surface area contributed by atoms with E-state index in [0.29, 0.717) is 37.3 Å². The average molecular weight is 381 g/mol. The second kappa shape index (κ2) is 7.02. The number of halogens is 1. The second-order valence-electron chi connectivity index (χ2n) is 7.84. The minimum Gasteiger partial charge on any atom is -0.337 e. The van der Waals surface area contributed by atoms with Crippen molar-refractivity contribution >= 4 is 17.5 Å². The molecule has 1 atom stereocenters. The van der Waals surface area contributed by atoms with Gasteiger partial charge in [0.1, 0.15) is 5.82 Å². The van der Waals surface area contributed by atoms with Crippen LogP contribution in [0.25, 0.3) is 0 Å². The third kappa shape index (κ3) is 3.18. The monoisotopic (exact) mass is 381 g/mol. The number of hydrogen-bond donors (Lipinski definition) is 0. The van der Waals surface area contributed by atoms with E-state index in [1.165, 1.54) is 6.07 Å². The Morgan fingerprint density at radius 3 is 2.57 bits per heavy atom. The molecule has 2 fully saturated rings. The molecule has 2 saturated heterocycles. The van der Waals surface area contributed by atoms with Crippen LogP contribution in [0.5, 0.6) is 0 Å². The van der Waals surface area contributed by atoms with Crippen molar-refractivity contribution in [1.29, 1.82) is 0 Å². The molecule has 0 aliphatic carbocycles. The van der Waals surface area contributed by atoms with Crippen LogP contribution in [-0.2, 0) is 4.79 Å². The molecule has 28 heavy (non-hydrogen) atoms. The highest BCUT2D eigenvalue weighted by Gasteiger charge is 2.48. The van der Waals surface area contributed by atoms with Crippen LogP contribution >= 0.6 is 0 Å². The third-order valence-corrected chi connectivity index (χ3v) is 6.04. The lowest BCUT2D eigenvalue weighted by Crippen LogP contribution is -2.64. The first-order valence-electron chi connectivity index (χ1n) is 9.52. The first kappa shape index (κ1) is 18.6. The molecule has 2 aromatic carbocycles. The fourth-order valence-electron chi connectivity index (χ4n) is 4.18. The van der Waals surface area contributed by atoms with Gasteiger partial charge in [0.05, 0.1) is 12.1 Å². The van der Waals surface area contributed by atoms with Gasteiger partial charge in [0.2, 0.25) is 5.91 Å². The highest BCUT2D eigenvalue weighted by atomic mass is 19.1. The van der Waals surface area contributed by atoms with Crippen LogP contribution in [0.3, 0.4) is 0 Å². The highest BCUT2D eigenvalue weighted by molar-refractivity contribution is 5.97. The number of likely N-dealkylation sites (tertiary alicyclic amines) is 1. The first-order valence-corrected chi connectivity index (χ1v) is 9.52. The number of piperazine rings is 1. The largest absolute Gasteiger partial charge is 0.337 e. The van der Waals surface area contributed by atoms with E-state index < -0.39 is 0 Å². The molecule has 2 aromatic rings. The van der Waals surface area contributed by atoms with Crippen molar-refractivity contribution in [2.75, 3.05) is 38.1 Å². The summed E-state index contributed by atoms with van der Waals surface area (Å²) >= 11 is 0. The molecule has 5 nitrogen and oxygen atoms in total. The molecule has 6 heteroatoms. The lowest BCUT2D eigenvalue weighted by molar-refractivity contribution is -0.123. The minimum atomic E-state index is -0.365. The van der Waals surface area contributed by atoms with Gasteiger partial charge in [-0.15, -0.1) is 0 Å². The van der Waals surface area contributed by atoms with Gasteiger partial charge in [-0.25, -0.2) is 4.39 Å². The normalized spacial score (nSPS) is 22.9. The Hall–Kier alpha value is -2.73. The molecule has 1 spiro atoms. The van der Waals surface area contributed by atoms with Crippen molar-refractivity contribution < 1.29 is 14.0 Å². The number of aryl methyl sites for hydroxylation is 1. The molecule has 0 radical (unpaired) electrons. The molecule has 2 amide bonds. The Balaban J connectivity index is 1.56. The molecule has 2 aliphatic heterocycles. The molecule has 0 N–H and O–H groups in total. The molecule has 0 saturated carbocycles. The van der Waals surface area contributed by atoms with E-state index in [1.807, 2.05) is 42.3 Å². The number of rotatable bonds is 2. The van der Waals surface area contributed by atoms with E-state index in [2.05, 4.69) is 4.90 Å². The van der Waals surface area contributed by atoms with Gasteiger partial charge in [-0.2, -0.15) is 0 Å². The Morgan fingerprint density at radius 2 is 1.86 bits per heavy atom. The molecule has 146 valence electrons. The number of benzene rings is 2. The van der Waals surface area contributed by atoms with Crippen LogP contribution in [0, 0.1) is 12.7 Å². The van der Waals surface area contributed by atoms with Gasteiger partial charge >= 0.3 is 0 Å². The van der Waals surface area contributed by atoms with Gasteiger partial charge in [0.25, 0.3) is 5.91 Å². The summed E-state index contributed by atoms with van der Waals surface area (Å²) in [5.41, 5.74) is 1.49. The Morgan fingerprint density at radius 1 is 1.11 bits per heavy atom. The molecule has 0 unspecified atom stereocenters. The van der Waals surface area contributed by atoms with Crippen molar-refractivity contribution in [3.05, 3.63) is 65.5 Å². The number of carbonyl (C=O) groups excluding carboxylic acids is 2. The van der Waals surface area contributed by atoms with Crippen molar-refractivity contribution in [2.45, 2.75) is 18.9 Å². The van der Waals surface area contributed by atoms with Crippen LogP contribution in [-0.4, -0.2) is 60.4 Å². The second-order valence-corrected chi connectivity index (χ2v) is 7.84. The Kier molecular flexibility index (Phi) is 4.67. The molecule has 4 rings (SSSR count). The molecule has 0 aromatic heterocycles. The standard InChI is InChI=1S/C22H24FN3O2/c1-16-8-9-17(12-19(16)23)21(28)25-11-10-22(14-25)15-26(20(27)13-24(22)2)18-6-4-3-5-7-18/h3-9,12H,10-11,13-15H2,1-2H3/t22-/m0/s1. The van der Waals surface area contributed by atoms with Crippen LogP contribution in [0.2, 0.25) is 0 Å². The maximum Gasteiger partial charge on any atom is 0.254 e. The fourth-order valence-corrected chi connectivity index (χ4v) is 4.18. The van der Waals surface area contributed by atoms with Crippen molar-refractivity contribution in [1.82, 2.24) is 9.80 Å². The number of para-hydroxylation sites is 1. The van der Waals surface area contributed by atoms with Gasteiger partial charge < -0.3 is 9.80 Å². The number of likely N-dealkylation sites (N-methyl/N-ethyl adjacent to an activating group) is 1. The SMILES string of the molecule is Cc1ccc(C(=O)N2CC[C@]3(C2)CN(c2ccccc2)C(=O)CN3C)cc1F. The average Bonchev–Trinajstić information content (AvgIpc) is 3.12. The number of carbonyl (C=O) groups is 2. The van der Waals surface area contributed by atoms with E-state index in [0.717, 1.165) is 12.1 Å². The highest BCUT2D eigenvalue weighted by Crippen LogP contribution is 2.34. The van der Waals surface area contributed by atoms with E-state index in [-0.39, 0.29) is 23.2 Å². The summed E-state index contributed by atoms with van der Waals surface area (Å²) in [4.78, 5) is 31.2. The smallest absolute Gasteiger partial charge is 0.254 e. The molecule has 0 bridgehead atoms. The summed E-state index contributed by atoms with van der Waals surface area (Å²) in [5, 5.41) is 0. The third-order valence-electron chi connectivity index (χ3n) is 6.04. The van der Waals surface area contributed by atoms with E-state index in [4.69, 9.17) is 0 Å². The topological polar surface area (TPSA) is 43.9 Å². The number of anilines is 1. The van der Waals surface area contributed by atoms with Gasteiger partial charge in [-0.1, -0.05) is 24.3 Å². The number of hydrogen-bond acceptors (Lipinski definition) is 3. The van der Waals surface area contributed by atoms with Crippen LogP contribution in [0.4, 0.5) is 10.1 Å². The molecular formula is C22H24FN3O2. The van der Waals surface area contributed by atoms with E-state index in [9.17, 15) is 14.0 Å². The summed E-state index contributed by atoms with van der Waals surface area (Å²) in [6, 6.07) is 14.3. The lowest BCUT2D eigenvalue weighted by Gasteiger charge is -2.46. The molecular weight excluding hydrogens is 357 g/mol. The van der Waals surface area contributed by atoms with E-state index >= 15 is 0 Å². The van der Waals surface area contributed by atoms with Gasteiger partial charge in [0.15, 0.2) is 0 Å². The predicted octanol–water partition coefficient (Wildman–Crippen LogP) is 2.70.